The largest absolute Gasteiger partial charge is 0.494 e. The number of aliphatic hydroxyl groups is 1. The van der Waals surface area contributed by atoms with Gasteiger partial charge in [0.15, 0.2) is 0 Å². The van der Waals surface area contributed by atoms with E-state index in [9.17, 15) is 5.11 Å². The van der Waals surface area contributed by atoms with Crippen molar-refractivity contribution in [1.82, 2.24) is 0 Å². The monoisotopic (exact) mass is 234 g/mol. The number of hydrogen-bond donors (Lipinski definition) is 1. The highest BCUT2D eigenvalue weighted by molar-refractivity contribution is 5.33. The van der Waals surface area contributed by atoms with Crippen LogP contribution in [0.15, 0.2) is 18.2 Å². The van der Waals surface area contributed by atoms with Gasteiger partial charge in [0.2, 0.25) is 0 Å². The molecule has 2 unspecified atom stereocenters. The van der Waals surface area contributed by atoms with Gasteiger partial charge in [-0.1, -0.05) is 12.5 Å². The average molecular weight is 234 g/mol. The van der Waals surface area contributed by atoms with Gasteiger partial charge < -0.3 is 9.84 Å². The van der Waals surface area contributed by atoms with Crippen molar-refractivity contribution < 1.29 is 9.84 Å². The number of aliphatic hydroxyl groups excluding tert-OH is 1. The van der Waals surface area contributed by atoms with Crippen LogP contribution in [0.2, 0.25) is 0 Å². The number of hydrogen-bond acceptors (Lipinski definition) is 2. The zero-order valence-electron chi connectivity index (χ0n) is 10.8. The molecule has 1 aliphatic rings. The van der Waals surface area contributed by atoms with E-state index in [4.69, 9.17) is 4.74 Å². The Bertz CT molecular complexity index is 373. The van der Waals surface area contributed by atoms with Crippen LogP contribution < -0.4 is 4.74 Å². The second-order valence-corrected chi connectivity index (χ2v) is 5.14. The molecule has 0 saturated heterocycles. The summed E-state index contributed by atoms with van der Waals surface area (Å²) in [4.78, 5) is 0. The quantitative estimate of drug-likeness (QED) is 0.866. The highest BCUT2D eigenvalue weighted by Gasteiger charge is 2.24. The molecule has 1 N–H and O–H groups in total. The number of rotatable bonds is 4. The standard InChI is InChI=1S/C15H22O2/c1-11-6-7-14(10-12(11)2)17-9-8-13-4-3-5-15(13)16/h6-7,10,13,15-16H,3-5,8-9H2,1-2H3. The van der Waals surface area contributed by atoms with Gasteiger partial charge in [0, 0.05) is 0 Å². The van der Waals surface area contributed by atoms with Crippen molar-refractivity contribution in [3.05, 3.63) is 29.3 Å². The summed E-state index contributed by atoms with van der Waals surface area (Å²) in [5.41, 5.74) is 2.56. The molecule has 2 heteroatoms. The lowest BCUT2D eigenvalue weighted by Gasteiger charge is -2.15. The zero-order valence-corrected chi connectivity index (χ0v) is 10.8. The second kappa shape index (κ2) is 5.54. The van der Waals surface area contributed by atoms with Crippen molar-refractivity contribution in [2.45, 2.75) is 45.6 Å². The van der Waals surface area contributed by atoms with Crippen molar-refractivity contribution in [2.75, 3.05) is 6.61 Å². The summed E-state index contributed by atoms with van der Waals surface area (Å²) in [7, 11) is 0. The first-order valence-corrected chi connectivity index (χ1v) is 6.55. The minimum Gasteiger partial charge on any atom is -0.494 e. The first-order valence-electron chi connectivity index (χ1n) is 6.55. The first kappa shape index (κ1) is 12.4. The molecule has 0 spiro atoms. The fraction of sp³-hybridized carbons (Fsp3) is 0.600. The minimum absolute atomic E-state index is 0.0987. The molecule has 0 aromatic heterocycles. The van der Waals surface area contributed by atoms with Gasteiger partial charge in [-0.2, -0.15) is 0 Å². The van der Waals surface area contributed by atoms with E-state index < -0.39 is 0 Å². The molecule has 0 heterocycles. The summed E-state index contributed by atoms with van der Waals surface area (Å²) in [6.07, 6.45) is 4.15. The van der Waals surface area contributed by atoms with E-state index in [0.717, 1.165) is 31.4 Å². The zero-order chi connectivity index (χ0) is 12.3. The van der Waals surface area contributed by atoms with Crippen LogP contribution >= 0.6 is 0 Å². The molecule has 0 bridgehead atoms. The lowest BCUT2D eigenvalue weighted by atomic mass is 10.0. The van der Waals surface area contributed by atoms with E-state index in [1.165, 1.54) is 11.1 Å². The highest BCUT2D eigenvalue weighted by Crippen LogP contribution is 2.28. The predicted molar refractivity (Wildman–Crippen MR) is 69.4 cm³/mol. The molecule has 2 nitrogen and oxygen atoms in total. The van der Waals surface area contributed by atoms with Gasteiger partial charge in [-0.15, -0.1) is 0 Å². The summed E-state index contributed by atoms with van der Waals surface area (Å²) in [5, 5.41) is 9.71. The third-order valence-electron chi connectivity index (χ3n) is 3.85. The number of benzene rings is 1. The van der Waals surface area contributed by atoms with Gasteiger partial charge >= 0.3 is 0 Å². The van der Waals surface area contributed by atoms with Crippen LogP contribution in [-0.2, 0) is 0 Å². The Labute approximate surface area is 104 Å². The van der Waals surface area contributed by atoms with Gasteiger partial charge in [0.25, 0.3) is 0 Å². The van der Waals surface area contributed by atoms with E-state index in [1.54, 1.807) is 0 Å². The summed E-state index contributed by atoms with van der Waals surface area (Å²) in [6.45, 7) is 4.92. The average Bonchev–Trinajstić information content (AvgIpc) is 2.70. The molecule has 1 aromatic rings. The summed E-state index contributed by atoms with van der Waals surface area (Å²) < 4.78 is 5.74. The molecule has 0 amide bonds. The Balaban J connectivity index is 1.79. The smallest absolute Gasteiger partial charge is 0.119 e. The van der Waals surface area contributed by atoms with E-state index in [-0.39, 0.29) is 6.10 Å². The van der Waals surface area contributed by atoms with Gasteiger partial charge in [-0.25, -0.2) is 0 Å². The molecule has 17 heavy (non-hydrogen) atoms. The third-order valence-corrected chi connectivity index (χ3v) is 3.85. The predicted octanol–water partition coefficient (Wildman–Crippen LogP) is 3.23. The van der Waals surface area contributed by atoms with Gasteiger partial charge in [0.1, 0.15) is 5.75 Å². The van der Waals surface area contributed by atoms with Crippen molar-refractivity contribution in [1.29, 1.82) is 0 Å². The molecule has 2 atom stereocenters. The Morgan fingerprint density at radius 1 is 1.24 bits per heavy atom. The van der Waals surface area contributed by atoms with Crippen LogP contribution in [0.4, 0.5) is 0 Å². The Hall–Kier alpha value is -1.02. The van der Waals surface area contributed by atoms with Crippen molar-refractivity contribution >= 4 is 0 Å². The molecular formula is C15H22O2. The highest BCUT2D eigenvalue weighted by atomic mass is 16.5. The maximum absolute atomic E-state index is 9.71. The Morgan fingerprint density at radius 3 is 2.71 bits per heavy atom. The van der Waals surface area contributed by atoms with E-state index in [0.29, 0.717) is 12.5 Å². The molecule has 1 saturated carbocycles. The van der Waals surface area contributed by atoms with Gasteiger partial charge in [-0.05, 0) is 62.3 Å². The molecule has 1 aromatic carbocycles. The van der Waals surface area contributed by atoms with Crippen LogP contribution in [0, 0.1) is 19.8 Å². The summed E-state index contributed by atoms with van der Waals surface area (Å²) >= 11 is 0. The Morgan fingerprint density at radius 2 is 2.06 bits per heavy atom. The molecule has 1 aliphatic carbocycles. The SMILES string of the molecule is Cc1ccc(OCCC2CCCC2O)cc1C. The maximum atomic E-state index is 9.71. The topological polar surface area (TPSA) is 29.5 Å². The fourth-order valence-electron chi connectivity index (χ4n) is 2.49. The number of ether oxygens (including phenoxy) is 1. The van der Waals surface area contributed by atoms with Crippen molar-refractivity contribution in [3.63, 3.8) is 0 Å². The molecule has 0 radical (unpaired) electrons. The summed E-state index contributed by atoms with van der Waals surface area (Å²) in [5.74, 6) is 1.39. The maximum Gasteiger partial charge on any atom is 0.119 e. The second-order valence-electron chi connectivity index (χ2n) is 5.14. The lowest BCUT2D eigenvalue weighted by molar-refractivity contribution is 0.117. The third kappa shape index (κ3) is 3.22. The first-order chi connectivity index (χ1) is 8.16. The van der Waals surface area contributed by atoms with Crippen LogP contribution in [0.3, 0.4) is 0 Å². The van der Waals surface area contributed by atoms with E-state index in [1.807, 2.05) is 6.07 Å². The Kier molecular flexibility index (Phi) is 4.06. The fourth-order valence-corrected chi connectivity index (χ4v) is 2.49. The van der Waals surface area contributed by atoms with Gasteiger partial charge in [-0.3, -0.25) is 0 Å². The van der Waals surface area contributed by atoms with E-state index in [2.05, 4.69) is 26.0 Å². The van der Waals surface area contributed by atoms with Crippen LogP contribution in [0.25, 0.3) is 0 Å². The normalized spacial score (nSPS) is 23.9. The molecule has 0 aliphatic heterocycles. The molecular weight excluding hydrogens is 212 g/mol. The molecule has 2 rings (SSSR count). The summed E-state index contributed by atoms with van der Waals surface area (Å²) in [6, 6.07) is 6.20. The van der Waals surface area contributed by atoms with Crippen molar-refractivity contribution in [3.8, 4) is 5.75 Å². The van der Waals surface area contributed by atoms with Crippen LogP contribution in [0.5, 0.6) is 5.75 Å². The van der Waals surface area contributed by atoms with Crippen molar-refractivity contribution in [2.24, 2.45) is 5.92 Å². The van der Waals surface area contributed by atoms with Gasteiger partial charge in [0.05, 0.1) is 12.7 Å². The van der Waals surface area contributed by atoms with Crippen LogP contribution in [0.1, 0.15) is 36.8 Å². The van der Waals surface area contributed by atoms with E-state index >= 15 is 0 Å². The number of aryl methyl sites for hydroxylation is 2. The van der Waals surface area contributed by atoms with Crippen LogP contribution in [-0.4, -0.2) is 17.8 Å². The molecule has 94 valence electrons. The minimum atomic E-state index is -0.0987. The molecule has 1 fully saturated rings. The lowest BCUT2D eigenvalue weighted by Crippen LogP contribution is -2.16.